The summed E-state index contributed by atoms with van der Waals surface area (Å²) in [4.78, 5) is 14.4. The summed E-state index contributed by atoms with van der Waals surface area (Å²) in [5.74, 6) is 0.0378. The minimum atomic E-state index is -3.24. The van der Waals surface area contributed by atoms with E-state index < -0.39 is 10.0 Å². The van der Waals surface area contributed by atoms with Crippen molar-refractivity contribution in [1.82, 2.24) is 9.21 Å². The fourth-order valence-electron chi connectivity index (χ4n) is 3.67. The molecule has 24 heavy (non-hydrogen) atoms. The maximum absolute atomic E-state index is 12.5. The standard InChI is InChI=1S/C18H26N2O3S/c1-19(17-6-2-3-7-17)18(21)16-10-8-15(9-11-16)14-24(22,23)20-12-4-5-13-20/h8-11,17H,2-7,12-14H2,1H3. The maximum Gasteiger partial charge on any atom is 0.253 e. The van der Waals surface area contributed by atoms with Crippen LogP contribution in [0.1, 0.15) is 54.4 Å². The van der Waals surface area contributed by atoms with E-state index in [1.165, 1.54) is 12.8 Å². The molecular formula is C18H26N2O3S. The van der Waals surface area contributed by atoms with Crippen LogP contribution in [0, 0.1) is 0 Å². The molecule has 1 saturated carbocycles. The Morgan fingerprint density at radius 1 is 1.08 bits per heavy atom. The Morgan fingerprint density at radius 3 is 2.25 bits per heavy atom. The van der Waals surface area contributed by atoms with Crippen molar-refractivity contribution in [2.75, 3.05) is 20.1 Å². The zero-order chi connectivity index (χ0) is 17.2. The first-order valence-corrected chi connectivity index (χ1v) is 10.4. The zero-order valence-corrected chi connectivity index (χ0v) is 15.1. The molecule has 0 N–H and O–H groups in total. The van der Waals surface area contributed by atoms with E-state index in [4.69, 9.17) is 0 Å². The van der Waals surface area contributed by atoms with E-state index in [0.717, 1.165) is 31.2 Å². The van der Waals surface area contributed by atoms with Crippen molar-refractivity contribution in [2.24, 2.45) is 0 Å². The van der Waals surface area contributed by atoms with Crippen molar-refractivity contribution >= 4 is 15.9 Å². The highest BCUT2D eigenvalue weighted by Gasteiger charge is 2.26. The van der Waals surface area contributed by atoms with Gasteiger partial charge in [0.2, 0.25) is 10.0 Å². The second-order valence-electron chi connectivity index (χ2n) is 6.91. The van der Waals surface area contributed by atoms with Crippen LogP contribution in [-0.4, -0.2) is 49.7 Å². The number of hydrogen-bond donors (Lipinski definition) is 0. The number of rotatable bonds is 5. The monoisotopic (exact) mass is 350 g/mol. The molecule has 0 spiro atoms. The van der Waals surface area contributed by atoms with E-state index in [2.05, 4.69) is 0 Å². The van der Waals surface area contributed by atoms with E-state index in [-0.39, 0.29) is 11.7 Å². The molecule has 5 nitrogen and oxygen atoms in total. The van der Waals surface area contributed by atoms with Gasteiger partial charge < -0.3 is 4.90 Å². The van der Waals surface area contributed by atoms with Crippen LogP contribution < -0.4 is 0 Å². The molecule has 1 aromatic carbocycles. The number of hydrogen-bond acceptors (Lipinski definition) is 3. The van der Waals surface area contributed by atoms with Gasteiger partial charge in [0.05, 0.1) is 5.75 Å². The molecular weight excluding hydrogens is 324 g/mol. The number of benzene rings is 1. The Kier molecular flexibility index (Phi) is 5.25. The summed E-state index contributed by atoms with van der Waals surface area (Å²) in [7, 11) is -1.37. The van der Waals surface area contributed by atoms with E-state index in [0.29, 0.717) is 24.7 Å². The molecule has 1 heterocycles. The van der Waals surface area contributed by atoms with Crippen LogP contribution in [0.15, 0.2) is 24.3 Å². The molecule has 1 amide bonds. The number of amides is 1. The molecule has 0 atom stereocenters. The van der Waals surface area contributed by atoms with E-state index in [1.54, 1.807) is 28.6 Å². The molecule has 0 aromatic heterocycles. The molecule has 1 aliphatic heterocycles. The van der Waals surface area contributed by atoms with E-state index in [1.807, 2.05) is 11.9 Å². The number of nitrogens with zero attached hydrogens (tertiary/aromatic N) is 2. The summed E-state index contributed by atoms with van der Waals surface area (Å²) >= 11 is 0. The molecule has 3 rings (SSSR count). The van der Waals surface area contributed by atoms with Crippen LogP contribution in [0.3, 0.4) is 0 Å². The topological polar surface area (TPSA) is 57.7 Å². The fourth-order valence-corrected chi connectivity index (χ4v) is 5.28. The summed E-state index contributed by atoms with van der Waals surface area (Å²) in [5.41, 5.74) is 1.37. The van der Waals surface area contributed by atoms with Gasteiger partial charge in [0.15, 0.2) is 0 Å². The van der Waals surface area contributed by atoms with Crippen LogP contribution in [0.5, 0.6) is 0 Å². The van der Waals surface area contributed by atoms with Gasteiger partial charge in [-0.05, 0) is 43.4 Å². The minimum Gasteiger partial charge on any atom is -0.339 e. The molecule has 0 bridgehead atoms. The molecule has 6 heteroatoms. The first-order chi connectivity index (χ1) is 11.5. The summed E-state index contributed by atoms with van der Waals surface area (Å²) in [6.45, 7) is 1.26. The highest BCUT2D eigenvalue weighted by Crippen LogP contribution is 2.24. The SMILES string of the molecule is CN(C(=O)c1ccc(CS(=O)(=O)N2CCCC2)cc1)C1CCCC1. The predicted octanol–water partition coefficient (Wildman–Crippen LogP) is 2.63. The van der Waals surface area contributed by atoms with Crippen molar-refractivity contribution in [3.05, 3.63) is 35.4 Å². The lowest BCUT2D eigenvalue weighted by molar-refractivity contribution is 0.0735. The average molecular weight is 350 g/mol. The summed E-state index contributed by atoms with van der Waals surface area (Å²) in [6.07, 6.45) is 6.42. The Morgan fingerprint density at radius 2 is 1.67 bits per heavy atom. The van der Waals surface area contributed by atoms with Crippen molar-refractivity contribution < 1.29 is 13.2 Å². The Hall–Kier alpha value is -1.40. The van der Waals surface area contributed by atoms with Gasteiger partial charge in [-0.3, -0.25) is 4.79 Å². The predicted molar refractivity (Wildman–Crippen MR) is 94.2 cm³/mol. The molecule has 0 unspecified atom stereocenters. The normalized spacial score (nSPS) is 19.7. The van der Waals surface area contributed by atoms with Crippen LogP contribution in [-0.2, 0) is 15.8 Å². The zero-order valence-electron chi connectivity index (χ0n) is 14.3. The van der Waals surface area contributed by atoms with E-state index in [9.17, 15) is 13.2 Å². The lowest BCUT2D eigenvalue weighted by Crippen LogP contribution is -2.35. The highest BCUT2D eigenvalue weighted by molar-refractivity contribution is 7.88. The molecule has 132 valence electrons. The molecule has 2 aliphatic rings. The van der Waals surface area contributed by atoms with Crippen LogP contribution in [0.2, 0.25) is 0 Å². The summed E-state index contributed by atoms with van der Waals surface area (Å²) in [6, 6.07) is 7.38. The lowest BCUT2D eigenvalue weighted by atomic mass is 10.1. The van der Waals surface area contributed by atoms with Gasteiger partial charge >= 0.3 is 0 Å². The first-order valence-electron chi connectivity index (χ1n) is 8.81. The van der Waals surface area contributed by atoms with Crippen LogP contribution >= 0.6 is 0 Å². The van der Waals surface area contributed by atoms with Gasteiger partial charge in [-0.2, -0.15) is 0 Å². The summed E-state index contributed by atoms with van der Waals surface area (Å²) < 4.78 is 26.3. The Balaban J connectivity index is 1.65. The van der Waals surface area contributed by atoms with Gasteiger partial charge in [-0.1, -0.05) is 25.0 Å². The molecule has 0 radical (unpaired) electrons. The Bertz CT molecular complexity index is 673. The highest BCUT2D eigenvalue weighted by atomic mass is 32.2. The molecule has 2 fully saturated rings. The second-order valence-corrected chi connectivity index (χ2v) is 8.88. The van der Waals surface area contributed by atoms with Gasteiger partial charge in [0, 0.05) is 31.7 Å². The molecule has 1 aromatic rings. The molecule has 1 aliphatic carbocycles. The largest absolute Gasteiger partial charge is 0.339 e. The van der Waals surface area contributed by atoms with Crippen molar-refractivity contribution in [3.63, 3.8) is 0 Å². The van der Waals surface area contributed by atoms with Crippen LogP contribution in [0.4, 0.5) is 0 Å². The fraction of sp³-hybridized carbons (Fsp3) is 0.611. The lowest BCUT2D eigenvalue weighted by Gasteiger charge is -2.24. The number of carbonyl (C=O) groups is 1. The van der Waals surface area contributed by atoms with Crippen molar-refractivity contribution in [1.29, 1.82) is 0 Å². The minimum absolute atomic E-state index is 0.0138. The first kappa shape index (κ1) is 17.4. The average Bonchev–Trinajstić information content (AvgIpc) is 3.27. The maximum atomic E-state index is 12.5. The number of sulfonamides is 1. The smallest absolute Gasteiger partial charge is 0.253 e. The second kappa shape index (κ2) is 7.23. The third-order valence-corrected chi connectivity index (χ3v) is 7.05. The molecule has 1 saturated heterocycles. The van der Waals surface area contributed by atoms with Crippen molar-refractivity contribution in [3.8, 4) is 0 Å². The third-order valence-electron chi connectivity index (χ3n) is 5.20. The van der Waals surface area contributed by atoms with Crippen LogP contribution in [0.25, 0.3) is 0 Å². The van der Waals surface area contributed by atoms with Gasteiger partial charge in [-0.15, -0.1) is 0 Å². The van der Waals surface area contributed by atoms with Crippen molar-refractivity contribution in [2.45, 2.75) is 50.3 Å². The van der Waals surface area contributed by atoms with Gasteiger partial charge in [0.1, 0.15) is 0 Å². The number of carbonyl (C=O) groups excluding carboxylic acids is 1. The van der Waals surface area contributed by atoms with Gasteiger partial charge in [0.25, 0.3) is 5.91 Å². The quantitative estimate of drug-likeness (QED) is 0.820. The van der Waals surface area contributed by atoms with Gasteiger partial charge in [-0.25, -0.2) is 12.7 Å². The summed E-state index contributed by atoms with van der Waals surface area (Å²) in [5, 5.41) is 0. The third kappa shape index (κ3) is 3.81. The van der Waals surface area contributed by atoms with E-state index >= 15 is 0 Å². The Labute approximate surface area is 144 Å².